The number of thiophene rings is 1. The second kappa shape index (κ2) is 3.25. The van der Waals surface area contributed by atoms with E-state index in [0.29, 0.717) is 0 Å². The summed E-state index contributed by atoms with van der Waals surface area (Å²) in [5, 5.41) is 3.48. The molecule has 0 atom stereocenters. The van der Waals surface area contributed by atoms with Gasteiger partial charge in [0.05, 0.1) is 5.39 Å². The molecule has 66 valence electrons. The molecular weight excluding hydrogens is 222 g/mol. The molecule has 0 unspecified atom stereocenters. The number of halogens is 1. The van der Waals surface area contributed by atoms with Gasteiger partial charge in [-0.3, -0.25) is 0 Å². The maximum atomic E-state index is 3.27. The molecule has 4 heteroatoms. The Labute approximate surface area is 89.4 Å². The number of fused-ring (bicyclic) bond motifs is 3. The van der Waals surface area contributed by atoms with Crippen molar-refractivity contribution in [3.63, 3.8) is 0 Å². The first-order valence-electron chi connectivity index (χ1n) is 3.70. The van der Waals surface area contributed by atoms with Crippen LogP contribution in [0.4, 0.5) is 0 Å². The van der Waals surface area contributed by atoms with E-state index in [2.05, 4.69) is 28.6 Å². The molecule has 3 aromatic rings. The number of hydrogen-bond donors (Lipinski definition) is 0. The minimum Gasteiger partial charge on any atom is -1.00 e. The predicted molar refractivity (Wildman–Crippen MR) is 53.8 cm³/mol. The van der Waals surface area contributed by atoms with Gasteiger partial charge in [0.25, 0.3) is 0 Å². The molecule has 0 aliphatic rings. The minimum atomic E-state index is 0. The third-order valence-electron chi connectivity index (χ3n) is 1.99. The molecule has 0 radical (unpaired) electrons. The molecule has 0 amide bonds. The van der Waals surface area contributed by atoms with Crippen LogP contribution in [0, 0.1) is 0 Å². The van der Waals surface area contributed by atoms with Gasteiger partial charge in [-0.1, -0.05) is 11.3 Å². The van der Waals surface area contributed by atoms with Crippen LogP contribution in [0.25, 0.3) is 20.3 Å². The third kappa shape index (κ3) is 1.24. The highest BCUT2D eigenvalue weighted by Gasteiger charge is 2.07. The van der Waals surface area contributed by atoms with Gasteiger partial charge in [0, 0.05) is 4.70 Å². The fourth-order valence-corrected chi connectivity index (χ4v) is 2.95. The van der Waals surface area contributed by atoms with E-state index < -0.39 is 0 Å². The summed E-state index contributed by atoms with van der Waals surface area (Å²) < 4.78 is 2.69. The Hall–Kier alpha value is -0.640. The van der Waals surface area contributed by atoms with Crippen LogP contribution in [0.2, 0.25) is 0 Å². The van der Waals surface area contributed by atoms with Crippen molar-refractivity contribution in [1.29, 1.82) is 0 Å². The number of aromatic amines is 1. The Morgan fingerprint density at radius 3 is 2.77 bits per heavy atom. The van der Waals surface area contributed by atoms with Gasteiger partial charge < -0.3 is 12.4 Å². The molecule has 0 bridgehead atoms. The summed E-state index contributed by atoms with van der Waals surface area (Å²) >= 11 is 3.54. The highest BCUT2D eigenvalue weighted by Crippen LogP contribution is 2.28. The second-order valence-electron chi connectivity index (χ2n) is 2.65. The number of nitrogens with one attached hydrogen (secondary N) is 1. The van der Waals surface area contributed by atoms with Gasteiger partial charge in [-0.05, 0) is 23.6 Å². The van der Waals surface area contributed by atoms with Crippen LogP contribution in [0.5, 0.6) is 0 Å². The first-order chi connectivity index (χ1) is 5.95. The van der Waals surface area contributed by atoms with E-state index in [9.17, 15) is 0 Å². The normalized spacial score (nSPS) is 10.5. The molecule has 13 heavy (non-hydrogen) atoms. The first-order valence-corrected chi connectivity index (χ1v) is 5.46. The Morgan fingerprint density at radius 1 is 1.00 bits per heavy atom. The average Bonchev–Trinajstić information content (AvgIpc) is 2.71. The summed E-state index contributed by atoms with van der Waals surface area (Å²) in [5.41, 5.74) is 3.31. The van der Waals surface area contributed by atoms with Crippen LogP contribution in [-0.2, 0) is 0 Å². The Bertz CT molecular complexity index is 491. The monoisotopic (exact) mass is 227 g/mol. The van der Waals surface area contributed by atoms with Crippen molar-refractivity contribution >= 4 is 43.0 Å². The number of rotatable bonds is 0. The molecule has 0 saturated heterocycles. The molecule has 0 aliphatic heterocycles. The van der Waals surface area contributed by atoms with Crippen molar-refractivity contribution in [2.45, 2.75) is 0 Å². The maximum absolute atomic E-state index is 3.27. The zero-order valence-corrected chi connectivity index (χ0v) is 8.97. The highest BCUT2D eigenvalue weighted by molar-refractivity contribution is 7.18. The van der Waals surface area contributed by atoms with Gasteiger partial charge in [0.15, 0.2) is 0 Å². The van der Waals surface area contributed by atoms with Crippen molar-refractivity contribution in [2.24, 2.45) is 0 Å². The molecule has 0 saturated carbocycles. The average molecular weight is 228 g/mol. The van der Waals surface area contributed by atoms with E-state index in [1.165, 1.54) is 20.3 Å². The Kier molecular flexibility index (Phi) is 2.24. The van der Waals surface area contributed by atoms with Gasteiger partial charge in [-0.25, -0.2) is 4.98 Å². The third-order valence-corrected chi connectivity index (χ3v) is 3.70. The highest BCUT2D eigenvalue weighted by atomic mass is 35.5. The van der Waals surface area contributed by atoms with Crippen LogP contribution in [0.1, 0.15) is 0 Å². The largest absolute Gasteiger partial charge is 1.00 e. The molecule has 0 fully saturated rings. The van der Waals surface area contributed by atoms with Crippen molar-refractivity contribution in [3.05, 3.63) is 29.1 Å². The molecule has 1 aromatic carbocycles. The summed E-state index contributed by atoms with van der Waals surface area (Å²) in [5.74, 6) is 0. The molecular formula is C9H6ClNS2. The van der Waals surface area contributed by atoms with Crippen LogP contribution in [0.3, 0.4) is 0 Å². The summed E-state index contributed by atoms with van der Waals surface area (Å²) in [6.45, 7) is 0. The van der Waals surface area contributed by atoms with Crippen LogP contribution in [-0.4, -0.2) is 0 Å². The lowest BCUT2D eigenvalue weighted by molar-refractivity contribution is -0.336. The summed E-state index contributed by atoms with van der Waals surface area (Å²) in [7, 11) is 0. The van der Waals surface area contributed by atoms with Crippen molar-refractivity contribution in [3.8, 4) is 0 Å². The van der Waals surface area contributed by atoms with Crippen molar-refractivity contribution in [1.82, 2.24) is 0 Å². The van der Waals surface area contributed by atoms with E-state index in [4.69, 9.17) is 0 Å². The van der Waals surface area contributed by atoms with Crippen LogP contribution < -0.4 is 17.4 Å². The van der Waals surface area contributed by atoms with E-state index in [-0.39, 0.29) is 12.4 Å². The standard InChI is InChI=1S/C9H5NS2.ClH/c1-2-8-9(10-5-12-8)6-3-4-11-7(1)6;/h1-5H;1H. The van der Waals surface area contributed by atoms with Gasteiger partial charge in [0.2, 0.25) is 11.0 Å². The first kappa shape index (κ1) is 8.94. The van der Waals surface area contributed by atoms with Gasteiger partial charge in [-0.15, -0.1) is 11.3 Å². The van der Waals surface area contributed by atoms with Crippen LogP contribution >= 0.6 is 22.7 Å². The summed E-state index contributed by atoms with van der Waals surface area (Å²) in [6.07, 6.45) is 0. The zero-order valence-electron chi connectivity index (χ0n) is 6.58. The van der Waals surface area contributed by atoms with Crippen molar-refractivity contribution in [2.75, 3.05) is 0 Å². The van der Waals surface area contributed by atoms with Gasteiger partial charge in [0.1, 0.15) is 4.70 Å². The number of aromatic nitrogens is 1. The number of hydrogen-bond acceptors (Lipinski definition) is 2. The molecule has 0 aliphatic carbocycles. The molecule has 1 nitrogen and oxygen atoms in total. The lowest BCUT2D eigenvalue weighted by atomic mass is 10.2. The SMILES string of the molecule is [Cl-].c1cc2c(ccc3sc[nH+]c32)s1. The van der Waals surface area contributed by atoms with Gasteiger partial charge >= 0.3 is 0 Å². The maximum Gasteiger partial charge on any atom is 0.230 e. The molecule has 3 rings (SSSR count). The number of thiazole rings is 1. The van der Waals surface area contributed by atoms with E-state index in [1.807, 2.05) is 5.51 Å². The smallest absolute Gasteiger partial charge is 0.230 e. The zero-order chi connectivity index (χ0) is 7.97. The quantitative estimate of drug-likeness (QED) is 0.511. The van der Waals surface area contributed by atoms with E-state index in [1.54, 1.807) is 22.7 Å². The molecule has 1 N–H and O–H groups in total. The molecule has 2 heterocycles. The lowest BCUT2D eigenvalue weighted by Gasteiger charge is -1.84. The minimum absolute atomic E-state index is 0. The second-order valence-corrected chi connectivity index (χ2v) is 4.51. The lowest BCUT2D eigenvalue weighted by Crippen LogP contribution is -3.00. The Balaban J connectivity index is 0.000000653. The fourth-order valence-electron chi connectivity index (χ4n) is 1.42. The molecule has 2 aromatic heterocycles. The topological polar surface area (TPSA) is 14.1 Å². The predicted octanol–water partition coefficient (Wildman–Crippen LogP) is -0.0659. The Morgan fingerprint density at radius 2 is 1.85 bits per heavy atom. The van der Waals surface area contributed by atoms with Crippen LogP contribution in [0.15, 0.2) is 29.1 Å². The molecule has 0 spiro atoms. The van der Waals surface area contributed by atoms with E-state index >= 15 is 0 Å². The fraction of sp³-hybridized carbons (Fsp3) is 0. The summed E-state index contributed by atoms with van der Waals surface area (Å²) in [4.78, 5) is 3.27. The summed E-state index contributed by atoms with van der Waals surface area (Å²) in [6, 6.07) is 6.54. The van der Waals surface area contributed by atoms with E-state index in [0.717, 1.165) is 0 Å². The number of H-pyrrole nitrogens is 1. The van der Waals surface area contributed by atoms with Gasteiger partial charge in [-0.2, -0.15) is 0 Å². The number of benzene rings is 1. The van der Waals surface area contributed by atoms with Crippen molar-refractivity contribution < 1.29 is 17.4 Å².